The molecule has 8 nitrogen and oxygen atoms in total. The summed E-state index contributed by atoms with van der Waals surface area (Å²) in [5.41, 5.74) is 3.71. The first kappa shape index (κ1) is 11.7. The number of hydrogen-bond acceptors (Lipinski definition) is 7. The van der Waals surface area contributed by atoms with E-state index in [2.05, 4.69) is 25.7 Å². The molecule has 2 heterocycles. The Hall–Kier alpha value is -1.80. The maximum absolute atomic E-state index is 5.34. The SMILES string of the molecule is COCCC(C)n1nnc2c(NN)ncnc21. The van der Waals surface area contributed by atoms with Gasteiger partial charge in [0.1, 0.15) is 6.33 Å². The highest BCUT2D eigenvalue weighted by Crippen LogP contribution is 2.19. The fourth-order valence-corrected chi connectivity index (χ4v) is 1.58. The third-order valence-electron chi connectivity index (χ3n) is 2.56. The van der Waals surface area contributed by atoms with Crippen LogP contribution in [0.15, 0.2) is 6.33 Å². The summed E-state index contributed by atoms with van der Waals surface area (Å²) in [4.78, 5) is 8.14. The Kier molecular flexibility index (Phi) is 3.45. The van der Waals surface area contributed by atoms with Crippen molar-refractivity contribution in [1.29, 1.82) is 0 Å². The van der Waals surface area contributed by atoms with E-state index in [-0.39, 0.29) is 6.04 Å². The zero-order chi connectivity index (χ0) is 12.3. The predicted octanol–water partition coefficient (Wildman–Crippen LogP) is 0.104. The third kappa shape index (κ3) is 2.17. The summed E-state index contributed by atoms with van der Waals surface area (Å²) in [6.07, 6.45) is 2.27. The van der Waals surface area contributed by atoms with Crippen molar-refractivity contribution < 1.29 is 4.74 Å². The molecule has 1 unspecified atom stereocenters. The molecule has 2 aromatic rings. The lowest BCUT2D eigenvalue weighted by molar-refractivity contribution is 0.179. The molecule has 0 saturated heterocycles. The van der Waals surface area contributed by atoms with Crippen LogP contribution < -0.4 is 11.3 Å². The molecule has 0 aromatic carbocycles. The molecule has 8 heteroatoms. The molecule has 0 fully saturated rings. The molecule has 0 radical (unpaired) electrons. The van der Waals surface area contributed by atoms with Crippen LogP contribution in [0, 0.1) is 0 Å². The van der Waals surface area contributed by atoms with Crippen LogP contribution in [0.5, 0.6) is 0 Å². The molecule has 0 aliphatic carbocycles. The number of nitrogen functional groups attached to an aromatic ring is 1. The Bertz CT molecular complexity index is 497. The molecule has 0 aliphatic rings. The van der Waals surface area contributed by atoms with Gasteiger partial charge in [0.15, 0.2) is 17.0 Å². The van der Waals surface area contributed by atoms with Gasteiger partial charge in [-0.25, -0.2) is 20.5 Å². The zero-order valence-electron chi connectivity index (χ0n) is 9.79. The summed E-state index contributed by atoms with van der Waals surface area (Å²) in [6, 6.07) is 0.153. The van der Waals surface area contributed by atoms with Crippen LogP contribution in [-0.2, 0) is 4.74 Å². The lowest BCUT2D eigenvalue weighted by Crippen LogP contribution is -2.11. The van der Waals surface area contributed by atoms with E-state index >= 15 is 0 Å². The number of methoxy groups -OCH3 is 1. The molecule has 1 atom stereocenters. The molecular weight excluding hydrogens is 222 g/mol. The number of nitrogens with zero attached hydrogens (tertiary/aromatic N) is 5. The Morgan fingerprint density at radius 3 is 3.06 bits per heavy atom. The van der Waals surface area contributed by atoms with Crippen molar-refractivity contribution in [2.24, 2.45) is 5.84 Å². The average molecular weight is 237 g/mol. The van der Waals surface area contributed by atoms with Crippen LogP contribution >= 0.6 is 0 Å². The highest BCUT2D eigenvalue weighted by molar-refractivity contribution is 5.81. The number of hydrogen-bond donors (Lipinski definition) is 2. The van der Waals surface area contributed by atoms with Crippen LogP contribution in [-0.4, -0.2) is 38.7 Å². The second-order valence-electron chi connectivity index (χ2n) is 3.70. The van der Waals surface area contributed by atoms with Gasteiger partial charge in [-0.1, -0.05) is 5.21 Å². The number of rotatable bonds is 5. The first-order valence-corrected chi connectivity index (χ1v) is 5.29. The van der Waals surface area contributed by atoms with E-state index in [0.29, 0.717) is 23.6 Å². The first-order chi connectivity index (χ1) is 8.27. The molecule has 2 aromatic heterocycles. The standard InChI is InChI=1S/C9H15N7O/c1-6(3-4-17-2)16-9-7(14-15-16)8(13-10)11-5-12-9/h5-6H,3-4,10H2,1-2H3,(H,11,12,13). The van der Waals surface area contributed by atoms with E-state index in [0.717, 1.165) is 6.42 Å². The quantitative estimate of drug-likeness (QED) is 0.561. The van der Waals surface area contributed by atoms with Crippen molar-refractivity contribution in [2.75, 3.05) is 19.1 Å². The summed E-state index contributed by atoms with van der Waals surface area (Å²) in [5.74, 6) is 5.82. The maximum atomic E-state index is 5.34. The Morgan fingerprint density at radius 2 is 2.35 bits per heavy atom. The minimum atomic E-state index is 0.153. The van der Waals surface area contributed by atoms with Gasteiger partial charge < -0.3 is 10.2 Å². The number of fused-ring (bicyclic) bond motifs is 1. The fourth-order valence-electron chi connectivity index (χ4n) is 1.58. The predicted molar refractivity (Wildman–Crippen MR) is 62.1 cm³/mol. The van der Waals surface area contributed by atoms with Crippen LogP contribution in [0.4, 0.5) is 5.82 Å². The van der Waals surface area contributed by atoms with E-state index in [1.165, 1.54) is 6.33 Å². The number of nitrogens with two attached hydrogens (primary N) is 1. The Morgan fingerprint density at radius 1 is 1.53 bits per heavy atom. The summed E-state index contributed by atoms with van der Waals surface area (Å²) in [6.45, 7) is 2.69. The van der Waals surface area contributed by atoms with Gasteiger partial charge in [0.05, 0.1) is 6.04 Å². The third-order valence-corrected chi connectivity index (χ3v) is 2.56. The molecule has 2 rings (SSSR count). The van der Waals surface area contributed by atoms with E-state index < -0.39 is 0 Å². The zero-order valence-corrected chi connectivity index (χ0v) is 9.79. The van der Waals surface area contributed by atoms with Gasteiger partial charge in [-0.2, -0.15) is 0 Å². The van der Waals surface area contributed by atoms with E-state index in [1.54, 1.807) is 11.8 Å². The summed E-state index contributed by atoms with van der Waals surface area (Å²) in [5, 5.41) is 8.09. The molecule has 3 N–H and O–H groups in total. The number of anilines is 1. The minimum absolute atomic E-state index is 0.153. The first-order valence-electron chi connectivity index (χ1n) is 5.29. The van der Waals surface area contributed by atoms with Crippen molar-refractivity contribution in [3.63, 3.8) is 0 Å². The van der Waals surface area contributed by atoms with Gasteiger partial charge in [-0.05, 0) is 13.3 Å². The largest absolute Gasteiger partial charge is 0.385 e. The lowest BCUT2D eigenvalue weighted by Gasteiger charge is -2.10. The van der Waals surface area contributed by atoms with Crippen LogP contribution in [0.25, 0.3) is 11.2 Å². The van der Waals surface area contributed by atoms with E-state index in [4.69, 9.17) is 10.6 Å². The Balaban J connectivity index is 2.36. The van der Waals surface area contributed by atoms with Crippen LogP contribution in [0.3, 0.4) is 0 Å². The van der Waals surface area contributed by atoms with Gasteiger partial charge in [0, 0.05) is 13.7 Å². The lowest BCUT2D eigenvalue weighted by atomic mass is 10.2. The molecule has 0 spiro atoms. The normalized spacial score (nSPS) is 12.9. The van der Waals surface area contributed by atoms with Crippen LogP contribution in [0.2, 0.25) is 0 Å². The molecule has 0 bridgehead atoms. The number of ether oxygens (including phenoxy) is 1. The summed E-state index contributed by atoms with van der Waals surface area (Å²) >= 11 is 0. The average Bonchev–Trinajstić information content (AvgIpc) is 2.79. The number of aromatic nitrogens is 5. The minimum Gasteiger partial charge on any atom is -0.385 e. The van der Waals surface area contributed by atoms with Crippen molar-refractivity contribution in [3.05, 3.63) is 6.33 Å². The molecule has 0 aliphatic heterocycles. The molecular formula is C9H15N7O. The second-order valence-corrected chi connectivity index (χ2v) is 3.70. The fraction of sp³-hybridized carbons (Fsp3) is 0.556. The highest BCUT2D eigenvalue weighted by atomic mass is 16.5. The van der Waals surface area contributed by atoms with Crippen molar-refractivity contribution in [1.82, 2.24) is 25.0 Å². The number of hydrazine groups is 1. The highest BCUT2D eigenvalue weighted by Gasteiger charge is 2.14. The number of nitrogens with one attached hydrogen (secondary N) is 1. The van der Waals surface area contributed by atoms with E-state index in [9.17, 15) is 0 Å². The van der Waals surface area contributed by atoms with E-state index in [1.807, 2.05) is 6.92 Å². The Labute approximate surface area is 98.1 Å². The molecule has 0 amide bonds. The van der Waals surface area contributed by atoms with Gasteiger partial charge in [0.25, 0.3) is 0 Å². The smallest absolute Gasteiger partial charge is 0.184 e. The summed E-state index contributed by atoms with van der Waals surface area (Å²) in [7, 11) is 1.67. The molecule has 0 saturated carbocycles. The van der Waals surface area contributed by atoms with Crippen molar-refractivity contribution >= 4 is 17.0 Å². The second kappa shape index (κ2) is 5.02. The van der Waals surface area contributed by atoms with Crippen molar-refractivity contribution in [2.45, 2.75) is 19.4 Å². The van der Waals surface area contributed by atoms with Crippen molar-refractivity contribution in [3.8, 4) is 0 Å². The topological polar surface area (TPSA) is 104 Å². The van der Waals surface area contributed by atoms with Gasteiger partial charge >= 0.3 is 0 Å². The van der Waals surface area contributed by atoms with Crippen LogP contribution in [0.1, 0.15) is 19.4 Å². The van der Waals surface area contributed by atoms with Gasteiger partial charge in [-0.15, -0.1) is 5.10 Å². The van der Waals surface area contributed by atoms with Gasteiger partial charge in [-0.3, -0.25) is 0 Å². The summed E-state index contributed by atoms with van der Waals surface area (Å²) < 4.78 is 6.79. The molecule has 92 valence electrons. The monoisotopic (exact) mass is 237 g/mol. The maximum Gasteiger partial charge on any atom is 0.184 e. The van der Waals surface area contributed by atoms with Gasteiger partial charge in [0.2, 0.25) is 0 Å². The molecule has 17 heavy (non-hydrogen) atoms.